The molecule has 0 saturated heterocycles. The molecule has 0 radical (unpaired) electrons. The molecule has 0 aromatic carbocycles. The molecule has 5 N–H and O–H groups in total. The maximum atomic E-state index is 9.13. The second-order valence-electron chi connectivity index (χ2n) is 2.79. The van der Waals surface area contributed by atoms with Gasteiger partial charge in [-0.1, -0.05) is 0 Å². The molecule has 4 nitrogen and oxygen atoms in total. The molecule has 0 spiro atoms. The van der Waals surface area contributed by atoms with Gasteiger partial charge < -0.3 is 21.1 Å². The van der Waals surface area contributed by atoms with Gasteiger partial charge in [0, 0.05) is 25.0 Å². The van der Waals surface area contributed by atoms with Crippen LogP contribution in [0.25, 0.3) is 0 Å². The molecule has 0 aliphatic heterocycles. The Hall–Kier alpha value is -0.160. The zero-order chi connectivity index (χ0) is 7.72. The minimum absolute atomic E-state index is 0.153. The lowest BCUT2D eigenvalue weighted by molar-refractivity contribution is 0.0849. The van der Waals surface area contributed by atoms with Gasteiger partial charge in [-0.15, -0.1) is 0 Å². The van der Waals surface area contributed by atoms with Crippen molar-refractivity contribution in [2.45, 2.75) is 24.7 Å². The first-order valence-electron chi connectivity index (χ1n) is 3.39. The van der Waals surface area contributed by atoms with Gasteiger partial charge in [-0.25, -0.2) is 0 Å². The molecule has 1 saturated carbocycles. The normalized spacial score (nSPS) is 48.0. The average molecular weight is 147 g/mol. The van der Waals surface area contributed by atoms with Gasteiger partial charge in [0.2, 0.25) is 0 Å². The summed E-state index contributed by atoms with van der Waals surface area (Å²) in [5.74, 6) is -0.352. The lowest BCUT2D eigenvalue weighted by atomic mass is 10.0. The molecule has 4 heteroatoms. The maximum Gasteiger partial charge on any atom is 0.0720 e. The van der Waals surface area contributed by atoms with Crippen LogP contribution in [0.2, 0.25) is 0 Å². The van der Waals surface area contributed by atoms with Crippen molar-refractivity contribution < 1.29 is 15.3 Å². The lowest BCUT2D eigenvalue weighted by Gasteiger charge is -2.15. The number of hydrogen-bond donors (Lipinski definition) is 4. The van der Waals surface area contributed by atoms with Gasteiger partial charge in [-0.3, -0.25) is 0 Å². The van der Waals surface area contributed by atoms with E-state index in [1.165, 1.54) is 0 Å². The lowest BCUT2D eigenvalue weighted by Crippen LogP contribution is -2.38. The Morgan fingerprint density at radius 1 is 1.30 bits per heavy atom. The average Bonchev–Trinajstić information content (AvgIpc) is 2.09. The molecule has 1 aliphatic rings. The third-order valence-corrected chi connectivity index (χ3v) is 2.13. The summed E-state index contributed by atoms with van der Waals surface area (Å²) in [5, 5.41) is 26.9. The van der Waals surface area contributed by atoms with Crippen molar-refractivity contribution in [3.8, 4) is 0 Å². The van der Waals surface area contributed by atoms with E-state index in [0.717, 1.165) is 0 Å². The van der Waals surface area contributed by atoms with Crippen molar-refractivity contribution >= 4 is 0 Å². The zero-order valence-electron chi connectivity index (χ0n) is 5.64. The Labute approximate surface area is 59.3 Å². The third kappa shape index (κ3) is 1.15. The molecule has 1 fully saturated rings. The van der Waals surface area contributed by atoms with Gasteiger partial charge in [0.25, 0.3) is 0 Å². The number of hydrogen-bond acceptors (Lipinski definition) is 4. The second-order valence-corrected chi connectivity index (χ2v) is 2.79. The summed E-state index contributed by atoms with van der Waals surface area (Å²) >= 11 is 0. The van der Waals surface area contributed by atoms with Gasteiger partial charge in [0.1, 0.15) is 0 Å². The maximum absolute atomic E-state index is 9.13. The topological polar surface area (TPSA) is 86.7 Å². The largest absolute Gasteiger partial charge is 0.396 e. The summed E-state index contributed by atoms with van der Waals surface area (Å²) in [6, 6.07) is -0.472. The number of rotatable bonds is 1. The molecule has 4 atom stereocenters. The van der Waals surface area contributed by atoms with Gasteiger partial charge >= 0.3 is 0 Å². The molecule has 0 heterocycles. The van der Waals surface area contributed by atoms with Crippen LogP contribution in [0, 0.1) is 5.92 Å². The van der Waals surface area contributed by atoms with Crippen molar-refractivity contribution in [3.63, 3.8) is 0 Å². The molecular weight excluding hydrogens is 134 g/mol. The van der Waals surface area contributed by atoms with E-state index in [2.05, 4.69) is 0 Å². The van der Waals surface area contributed by atoms with Gasteiger partial charge in [-0.05, 0) is 0 Å². The molecule has 0 aromatic heterocycles. The fraction of sp³-hybridized carbons (Fsp3) is 1.00. The van der Waals surface area contributed by atoms with E-state index in [0.29, 0.717) is 0 Å². The van der Waals surface area contributed by atoms with Gasteiger partial charge in [-0.2, -0.15) is 0 Å². The van der Waals surface area contributed by atoms with E-state index in [1.54, 1.807) is 0 Å². The third-order valence-electron chi connectivity index (χ3n) is 2.13. The van der Waals surface area contributed by atoms with E-state index in [1.807, 2.05) is 0 Å². The van der Waals surface area contributed by atoms with E-state index in [-0.39, 0.29) is 18.9 Å². The Balaban J connectivity index is 2.55. The molecule has 0 bridgehead atoms. The molecule has 1 rings (SSSR count). The highest BCUT2D eigenvalue weighted by atomic mass is 16.3. The molecular formula is C6H13NO3. The smallest absolute Gasteiger partial charge is 0.0720 e. The van der Waals surface area contributed by atoms with E-state index < -0.39 is 18.2 Å². The predicted molar refractivity (Wildman–Crippen MR) is 35.2 cm³/mol. The first kappa shape index (κ1) is 7.94. The van der Waals surface area contributed by atoms with Crippen LogP contribution in [0.15, 0.2) is 0 Å². The van der Waals surface area contributed by atoms with Crippen molar-refractivity contribution in [3.05, 3.63) is 0 Å². The standard InChI is InChI=1S/C6H13NO3/c7-6-3(2-8)4(9)1-5(6)10/h3-6,8-10H,1-2,7H2/t3-,4+,5-,6-/m1/s1. The summed E-state index contributed by atoms with van der Waals surface area (Å²) in [6.07, 6.45) is -1.02. The molecule has 1 aliphatic carbocycles. The minimum Gasteiger partial charge on any atom is -0.396 e. The van der Waals surface area contributed by atoms with Gasteiger partial charge in [0.05, 0.1) is 12.2 Å². The van der Waals surface area contributed by atoms with Crippen LogP contribution in [0.4, 0.5) is 0 Å². The highest BCUT2D eigenvalue weighted by Gasteiger charge is 2.38. The van der Waals surface area contributed by atoms with Gasteiger partial charge in [0.15, 0.2) is 0 Å². The number of aliphatic hydroxyl groups excluding tert-OH is 3. The summed E-state index contributed by atoms with van der Waals surface area (Å²) in [7, 11) is 0. The molecule has 0 unspecified atom stereocenters. The van der Waals surface area contributed by atoms with E-state index in [4.69, 9.17) is 21.1 Å². The zero-order valence-corrected chi connectivity index (χ0v) is 5.64. The van der Waals surface area contributed by atoms with Crippen molar-refractivity contribution in [1.29, 1.82) is 0 Å². The highest BCUT2D eigenvalue weighted by Crippen LogP contribution is 2.24. The van der Waals surface area contributed by atoms with Crippen LogP contribution in [-0.2, 0) is 0 Å². The second kappa shape index (κ2) is 2.84. The number of aliphatic hydroxyl groups is 3. The van der Waals surface area contributed by atoms with Crippen LogP contribution >= 0.6 is 0 Å². The molecule has 60 valence electrons. The predicted octanol–water partition coefficient (Wildman–Crippen LogP) is -1.95. The van der Waals surface area contributed by atoms with Crippen molar-refractivity contribution in [2.75, 3.05) is 6.61 Å². The Morgan fingerprint density at radius 2 is 1.90 bits per heavy atom. The summed E-state index contributed by atoms with van der Waals surface area (Å²) < 4.78 is 0. The Kier molecular flexibility index (Phi) is 2.25. The minimum atomic E-state index is -0.660. The first-order valence-corrected chi connectivity index (χ1v) is 3.39. The van der Waals surface area contributed by atoms with E-state index in [9.17, 15) is 0 Å². The Morgan fingerprint density at radius 3 is 2.10 bits per heavy atom. The first-order chi connectivity index (χ1) is 4.66. The van der Waals surface area contributed by atoms with Crippen LogP contribution in [0.5, 0.6) is 0 Å². The monoisotopic (exact) mass is 147 g/mol. The summed E-state index contributed by atoms with van der Waals surface area (Å²) in [5.41, 5.74) is 5.45. The quantitative estimate of drug-likeness (QED) is 0.347. The van der Waals surface area contributed by atoms with E-state index >= 15 is 0 Å². The number of nitrogens with two attached hydrogens (primary N) is 1. The van der Waals surface area contributed by atoms with Crippen LogP contribution < -0.4 is 5.73 Å². The highest BCUT2D eigenvalue weighted by molar-refractivity contribution is 4.93. The molecule has 10 heavy (non-hydrogen) atoms. The molecule has 0 amide bonds. The van der Waals surface area contributed by atoms with Crippen LogP contribution in [0.3, 0.4) is 0 Å². The van der Waals surface area contributed by atoms with Crippen LogP contribution in [0.1, 0.15) is 6.42 Å². The van der Waals surface area contributed by atoms with Crippen molar-refractivity contribution in [1.82, 2.24) is 0 Å². The summed E-state index contributed by atoms with van der Waals surface area (Å²) in [4.78, 5) is 0. The van der Waals surface area contributed by atoms with Crippen molar-refractivity contribution in [2.24, 2.45) is 11.7 Å². The summed E-state index contributed by atoms with van der Waals surface area (Å²) in [6.45, 7) is -0.153. The van der Waals surface area contributed by atoms with Crippen LogP contribution in [-0.4, -0.2) is 40.2 Å². The molecule has 0 aromatic rings. The Bertz CT molecular complexity index is 120. The SMILES string of the molecule is N[C@@H]1[C@H](CO)[C@@H](O)C[C@H]1O. The fourth-order valence-electron chi connectivity index (χ4n) is 1.36. The fourth-order valence-corrected chi connectivity index (χ4v) is 1.36.